The highest BCUT2D eigenvalue weighted by Gasteiger charge is 2.40. The summed E-state index contributed by atoms with van der Waals surface area (Å²) in [6.45, 7) is 2.61. The van der Waals surface area contributed by atoms with Crippen molar-refractivity contribution >= 4 is 5.97 Å². The van der Waals surface area contributed by atoms with Crippen LogP contribution in [0.15, 0.2) is 60.7 Å². The minimum Gasteiger partial charge on any atom is -0.469 e. The zero-order chi connectivity index (χ0) is 19.1. The fraction of sp³-hybridized carbons (Fsp3) is 0.458. The lowest BCUT2D eigenvalue weighted by molar-refractivity contribution is -0.148. The fourth-order valence-electron chi connectivity index (χ4n) is 4.42. The molecule has 0 aromatic heterocycles. The van der Waals surface area contributed by atoms with Gasteiger partial charge in [-0.05, 0) is 42.2 Å². The van der Waals surface area contributed by atoms with Crippen LogP contribution in [0.3, 0.4) is 0 Å². The van der Waals surface area contributed by atoms with Gasteiger partial charge >= 0.3 is 5.97 Å². The Kier molecular flexibility index (Phi) is 7.05. The zero-order valence-electron chi connectivity index (χ0n) is 16.3. The molecule has 1 aliphatic carbocycles. The molecule has 0 aliphatic heterocycles. The van der Waals surface area contributed by atoms with Crippen molar-refractivity contribution < 1.29 is 14.3 Å². The Labute approximate surface area is 162 Å². The van der Waals surface area contributed by atoms with Crippen LogP contribution in [0.4, 0.5) is 0 Å². The van der Waals surface area contributed by atoms with Gasteiger partial charge in [-0.25, -0.2) is 0 Å². The lowest BCUT2D eigenvalue weighted by atomic mass is 9.80. The molecule has 2 aromatic rings. The summed E-state index contributed by atoms with van der Waals surface area (Å²) in [6, 6.07) is 20.8. The second kappa shape index (κ2) is 9.70. The first-order valence-electron chi connectivity index (χ1n) is 9.96. The quantitative estimate of drug-likeness (QED) is 0.614. The van der Waals surface area contributed by atoms with E-state index in [4.69, 9.17) is 9.47 Å². The maximum Gasteiger partial charge on any atom is 0.308 e. The number of hydrogen-bond donors (Lipinski definition) is 0. The van der Waals surface area contributed by atoms with Gasteiger partial charge in [-0.2, -0.15) is 0 Å². The van der Waals surface area contributed by atoms with Crippen LogP contribution in [-0.2, 0) is 27.3 Å². The third-order valence-corrected chi connectivity index (χ3v) is 5.90. The summed E-state index contributed by atoms with van der Waals surface area (Å²) in [5.41, 5.74) is 2.47. The predicted molar refractivity (Wildman–Crippen MR) is 107 cm³/mol. The zero-order valence-corrected chi connectivity index (χ0v) is 16.3. The number of carbonyl (C=O) groups excluding carboxylic acids is 1. The molecule has 4 atom stereocenters. The molecule has 2 aromatic carbocycles. The minimum atomic E-state index is -0.103. The van der Waals surface area contributed by atoms with Crippen molar-refractivity contribution in [3.63, 3.8) is 0 Å². The van der Waals surface area contributed by atoms with Gasteiger partial charge in [0.05, 0.1) is 25.7 Å². The summed E-state index contributed by atoms with van der Waals surface area (Å²) in [4.78, 5) is 12.1. The summed E-state index contributed by atoms with van der Waals surface area (Å²) in [5.74, 6) is 0.513. The Morgan fingerprint density at radius 2 is 1.56 bits per heavy atom. The van der Waals surface area contributed by atoms with E-state index in [-0.39, 0.29) is 18.0 Å². The predicted octanol–water partition coefficient (Wildman–Crippen LogP) is 5.04. The van der Waals surface area contributed by atoms with Crippen LogP contribution in [0.2, 0.25) is 0 Å². The number of esters is 1. The molecule has 0 unspecified atom stereocenters. The maximum absolute atomic E-state index is 12.1. The first kappa shape index (κ1) is 19.6. The third kappa shape index (κ3) is 5.20. The minimum absolute atomic E-state index is 0.0823. The number of rotatable bonds is 8. The smallest absolute Gasteiger partial charge is 0.308 e. The van der Waals surface area contributed by atoms with Crippen molar-refractivity contribution in [3.05, 3.63) is 71.8 Å². The van der Waals surface area contributed by atoms with Gasteiger partial charge in [-0.15, -0.1) is 0 Å². The molecule has 0 amide bonds. The lowest BCUT2D eigenvalue weighted by Gasteiger charge is -2.31. The third-order valence-electron chi connectivity index (χ3n) is 5.90. The molecule has 0 radical (unpaired) electrons. The van der Waals surface area contributed by atoms with Crippen molar-refractivity contribution in [1.82, 2.24) is 0 Å². The van der Waals surface area contributed by atoms with Crippen molar-refractivity contribution in [2.75, 3.05) is 7.11 Å². The molecule has 1 fully saturated rings. The Balaban J connectivity index is 1.76. The Hall–Kier alpha value is -2.13. The fourth-order valence-corrected chi connectivity index (χ4v) is 4.42. The van der Waals surface area contributed by atoms with Crippen molar-refractivity contribution in [2.24, 2.45) is 17.8 Å². The van der Waals surface area contributed by atoms with E-state index >= 15 is 0 Å². The van der Waals surface area contributed by atoms with Gasteiger partial charge in [-0.1, -0.05) is 74.0 Å². The highest BCUT2D eigenvalue weighted by atomic mass is 16.5. The number of methoxy groups -OCH3 is 1. The first-order valence-corrected chi connectivity index (χ1v) is 9.96. The molecule has 144 valence electrons. The number of benzene rings is 2. The average molecular weight is 367 g/mol. The summed E-state index contributed by atoms with van der Waals surface area (Å²) in [7, 11) is 1.48. The summed E-state index contributed by atoms with van der Waals surface area (Å²) < 4.78 is 11.5. The van der Waals surface area contributed by atoms with Crippen LogP contribution >= 0.6 is 0 Å². The number of ether oxygens (including phenoxy) is 2. The summed E-state index contributed by atoms with van der Waals surface area (Å²) in [5, 5.41) is 0. The molecule has 0 saturated heterocycles. The van der Waals surface area contributed by atoms with Crippen LogP contribution in [0.5, 0.6) is 0 Å². The van der Waals surface area contributed by atoms with Crippen LogP contribution in [0.25, 0.3) is 0 Å². The summed E-state index contributed by atoms with van der Waals surface area (Å²) >= 11 is 0. The number of hydrogen-bond acceptors (Lipinski definition) is 3. The van der Waals surface area contributed by atoms with Crippen LogP contribution in [0.1, 0.15) is 37.3 Å². The van der Waals surface area contributed by atoms with Gasteiger partial charge in [0.15, 0.2) is 0 Å². The largest absolute Gasteiger partial charge is 0.469 e. The maximum atomic E-state index is 12.1. The lowest BCUT2D eigenvalue weighted by Crippen LogP contribution is -2.34. The molecular weight excluding hydrogens is 336 g/mol. The second-order valence-corrected chi connectivity index (χ2v) is 7.60. The SMILES string of the molecule is COC(=O)[C@@H](C)[C@H]1CCC[C@H]1[C@@H](Cc1ccccc1)OCc1ccccc1. The second-order valence-electron chi connectivity index (χ2n) is 7.60. The van der Waals surface area contributed by atoms with E-state index in [1.54, 1.807) is 0 Å². The average Bonchev–Trinajstić information content (AvgIpc) is 3.21. The molecule has 3 heteroatoms. The van der Waals surface area contributed by atoms with Gasteiger partial charge in [-0.3, -0.25) is 4.79 Å². The Morgan fingerprint density at radius 3 is 2.19 bits per heavy atom. The van der Waals surface area contributed by atoms with Gasteiger partial charge < -0.3 is 9.47 Å². The van der Waals surface area contributed by atoms with E-state index in [1.807, 2.05) is 31.2 Å². The van der Waals surface area contributed by atoms with Crippen LogP contribution in [0, 0.1) is 17.8 Å². The topological polar surface area (TPSA) is 35.5 Å². The van der Waals surface area contributed by atoms with Crippen LogP contribution < -0.4 is 0 Å². The molecule has 0 spiro atoms. The van der Waals surface area contributed by atoms with E-state index in [0.717, 1.165) is 25.7 Å². The van der Waals surface area contributed by atoms with E-state index in [1.165, 1.54) is 18.2 Å². The number of carbonyl (C=O) groups is 1. The molecule has 3 rings (SSSR count). The van der Waals surface area contributed by atoms with Gasteiger partial charge in [0.1, 0.15) is 0 Å². The molecule has 0 N–H and O–H groups in total. The summed E-state index contributed by atoms with van der Waals surface area (Å²) in [6.07, 6.45) is 4.31. The standard InChI is InChI=1S/C24H30O3/c1-18(24(25)26-2)21-14-9-15-22(21)23(16-19-10-5-3-6-11-19)27-17-20-12-7-4-8-13-20/h3-8,10-13,18,21-23H,9,14-17H2,1-2H3/t18-,21+,22+,23+/m0/s1. The molecule has 1 aliphatic rings. The molecule has 1 saturated carbocycles. The van der Waals surface area contributed by atoms with Crippen LogP contribution in [-0.4, -0.2) is 19.2 Å². The molecular formula is C24H30O3. The van der Waals surface area contributed by atoms with Crippen molar-refractivity contribution in [1.29, 1.82) is 0 Å². The highest BCUT2D eigenvalue weighted by Crippen LogP contribution is 2.41. The van der Waals surface area contributed by atoms with Crippen molar-refractivity contribution in [2.45, 2.75) is 45.3 Å². The molecule has 0 bridgehead atoms. The first-order chi connectivity index (χ1) is 13.2. The highest BCUT2D eigenvalue weighted by molar-refractivity contribution is 5.72. The Morgan fingerprint density at radius 1 is 0.963 bits per heavy atom. The van der Waals surface area contributed by atoms with Gasteiger partial charge in [0.25, 0.3) is 0 Å². The Bertz CT molecular complexity index is 698. The van der Waals surface area contributed by atoms with E-state index in [2.05, 4.69) is 36.4 Å². The molecule has 3 nitrogen and oxygen atoms in total. The van der Waals surface area contributed by atoms with Gasteiger partial charge in [0.2, 0.25) is 0 Å². The molecule has 27 heavy (non-hydrogen) atoms. The van der Waals surface area contributed by atoms with Crippen molar-refractivity contribution in [3.8, 4) is 0 Å². The molecule has 0 heterocycles. The van der Waals surface area contributed by atoms with E-state index < -0.39 is 0 Å². The monoisotopic (exact) mass is 366 g/mol. The van der Waals surface area contributed by atoms with Gasteiger partial charge in [0, 0.05) is 0 Å². The normalized spacial score (nSPS) is 21.6. The van der Waals surface area contributed by atoms with E-state index in [9.17, 15) is 4.79 Å². The van der Waals surface area contributed by atoms with E-state index in [0.29, 0.717) is 18.4 Å².